The van der Waals surface area contributed by atoms with Crippen LogP contribution in [0.4, 0.5) is 0 Å². The van der Waals surface area contributed by atoms with Gasteiger partial charge >= 0.3 is 5.97 Å². The van der Waals surface area contributed by atoms with E-state index in [0.29, 0.717) is 0 Å². The van der Waals surface area contributed by atoms with E-state index in [-0.39, 0.29) is 76.6 Å². The monoisotopic (exact) mass is 633 g/mol. The number of nitrogens with zero attached hydrogens (tertiary/aromatic N) is 2. The molecule has 1 aromatic carbocycles. The standard InChI is InChI=1S/C31H43N3O9S/c1-20-28(44-19-33-20)22-7-5-21(6-8-22)15-32-29(39)26-14-23(35)16-34(26)30(40)25(31(2,3)4)13-24(36)17-42-11-9-41-10-12-43-18-27(37)38/h5-8,19,23,25-26,35H,9-18H2,1-4H3,(H,32,39)(H,37,38)/t23-,25-,26+/m1/s1. The van der Waals surface area contributed by atoms with Crippen LogP contribution in [-0.2, 0) is 39.9 Å². The molecular weight excluding hydrogens is 590 g/mol. The van der Waals surface area contributed by atoms with Gasteiger partial charge in [-0.15, -0.1) is 11.3 Å². The molecule has 1 aliphatic heterocycles. The molecule has 1 saturated heterocycles. The molecule has 2 aromatic rings. The highest BCUT2D eigenvalue weighted by Gasteiger charge is 2.44. The number of aliphatic hydroxyl groups excluding tert-OH is 1. The number of aromatic nitrogens is 1. The molecule has 0 aliphatic carbocycles. The van der Waals surface area contributed by atoms with E-state index in [1.54, 1.807) is 16.8 Å². The van der Waals surface area contributed by atoms with Crippen LogP contribution in [0.5, 0.6) is 0 Å². The van der Waals surface area contributed by atoms with Gasteiger partial charge in [0.2, 0.25) is 11.8 Å². The zero-order chi connectivity index (χ0) is 32.3. The molecule has 0 radical (unpaired) electrons. The summed E-state index contributed by atoms with van der Waals surface area (Å²) in [5.74, 6) is -2.74. The molecule has 3 rings (SSSR count). The summed E-state index contributed by atoms with van der Waals surface area (Å²) >= 11 is 1.57. The van der Waals surface area contributed by atoms with Crippen molar-refractivity contribution in [3.8, 4) is 10.4 Å². The number of ketones is 1. The van der Waals surface area contributed by atoms with Crippen LogP contribution in [0.3, 0.4) is 0 Å². The number of amides is 2. The number of likely N-dealkylation sites (tertiary alicyclic amines) is 1. The molecule has 13 heteroatoms. The number of Topliss-reactive ketones (excluding diaryl/α,β-unsaturated/α-hetero) is 1. The van der Waals surface area contributed by atoms with Gasteiger partial charge in [0.25, 0.3) is 0 Å². The second-order valence-corrected chi connectivity index (χ2v) is 12.7. The Hall–Kier alpha value is -3.23. The minimum atomic E-state index is -1.06. The lowest BCUT2D eigenvalue weighted by atomic mass is 9.77. The summed E-state index contributed by atoms with van der Waals surface area (Å²) in [7, 11) is 0. The third kappa shape index (κ3) is 10.7. The van der Waals surface area contributed by atoms with E-state index in [1.165, 1.54) is 4.90 Å². The molecule has 242 valence electrons. The van der Waals surface area contributed by atoms with Gasteiger partial charge in [-0.25, -0.2) is 9.78 Å². The normalized spacial score (nSPS) is 17.4. The van der Waals surface area contributed by atoms with Gasteiger partial charge in [-0.2, -0.15) is 0 Å². The van der Waals surface area contributed by atoms with Gasteiger partial charge in [0.1, 0.15) is 19.3 Å². The first-order valence-electron chi connectivity index (χ1n) is 14.6. The van der Waals surface area contributed by atoms with Crippen molar-refractivity contribution < 1.29 is 43.6 Å². The quantitative estimate of drug-likeness (QED) is 0.221. The predicted octanol–water partition coefficient (Wildman–Crippen LogP) is 2.45. The van der Waals surface area contributed by atoms with E-state index in [2.05, 4.69) is 10.3 Å². The average molecular weight is 634 g/mol. The molecule has 12 nitrogen and oxygen atoms in total. The Bertz CT molecular complexity index is 1260. The number of carboxylic acid groups (broad SMARTS) is 1. The molecule has 2 amide bonds. The van der Waals surface area contributed by atoms with Crippen LogP contribution in [0, 0.1) is 18.3 Å². The second kappa shape index (κ2) is 16.7. The Balaban J connectivity index is 1.50. The molecule has 2 heterocycles. The number of thiazole rings is 1. The number of benzene rings is 1. The molecule has 0 bridgehead atoms. The fourth-order valence-corrected chi connectivity index (χ4v) is 5.71. The topological polar surface area (TPSA) is 165 Å². The molecule has 1 aromatic heterocycles. The van der Waals surface area contributed by atoms with E-state index in [0.717, 1.165) is 21.7 Å². The first-order chi connectivity index (χ1) is 20.9. The molecule has 0 saturated carbocycles. The number of nitrogens with one attached hydrogen (secondary N) is 1. The van der Waals surface area contributed by atoms with Gasteiger partial charge in [-0.1, -0.05) is 45.0 Å². The Morgan fingerprint density at radius 2 is 1.68 bits per heavy atom. The van der Waals surface area contributed by atoms with Gasteiger partial charge in [-0.05, 0) is 23.5 Å². The average Bonchev–Trinajstić information content (AvgIpc) is 3.58. The van der Waals surface area contributed by atoms with Crippen LogP contribution < -0.4 is 5.32 Å². The summed E-state index contributed by atoms with van der Waals surface area (Å²) < 4.78 is 15.5. The predicted molar refractivity (Wildman–Crippen MR) is 163 cm³/mol. The lowest BCUT2D eigenvalue weighted by molar-refractivity contribution is -0.147. The van der Waals surface area contributed by atoms with Crippen LogP contribution in [0.1, 0.15) is 44.9 Å². The van der Waals surface area contributed by atoms with Crippen LogP contribution in [0.2, 0.25) is 0 Å². The molecular formula is C31H43N3O9S. The first-order valence-corrected chi connectivity index (χ1v) is 15.5. The zero-order valence-corrected chi connectivity index (χ0v) is 26.6. The number of rotatable bonds is 17. The number of carbonyl (C=O) groups is 4. The second-order valence-electron chi connectivity index (χ2n) is 11.9. The highest BCUT2D eigenvalue weighted by molar-refractivity contribution is 7.13. The molecule has 44 heavy (non-hydrogen) atoms. The lowest BCUT2D eigenvalue weighted by Gasteiger charge is -2.34. The zero-order valence-electron chi connectivity index (χ0n) is 25.7. The van der Waals surface area contributed by atoms with Crippen LogP contribution >= 0.6 is 11.3 Å². The number of aliphatic carboxylic acids is 1. The fourth-order valence-electron chi connectivity index (χ4n) is 4.90. The third-order valence-corrected chi connectivity index (χ3v) is 8.28. The number of aryl methyl sites for hydroxylation is 1. The van der Waals surface area contributed by atoms with Crippen molar-refractivity contribution in [2.75, 3.05) is 46.2 Å². The van der Waals surface area contributed by atoms with E-state index >= 15 is 0 Å². The molecule has 3 atom stereocenters. The minimum absolute atomic E-state index is 0.0185. The molecule has 3 N–H and O–H groups in total. The van der Waals surface area contributed by atoms with Crippen molar-refractivity contribution in [3.63, 3.8) is 0 Å². The fraction of sp³-hybridized carbons (Fsp3) is 0.581. The highest BCUT2D eigenvalue weighted by atomic mass is 32.1. The molecule has 0 spiro atoms. The third-order valence-electron chi connectivity index (χ3n) is 7.30. The Kier molecular flexibility index (Phi) is 13.4. The van der Waals surface area contributed by atoms with E-state index in [4.69, 9.17) is 19.3 Å². The van der Waals surface area contributed by atoms with Gasteiger partial charge in [0, 0.05) is 31.8 Å². The number of aliphatic hydroxyl groups is 1. The number of β-amino-alcohol motifs (C(OH)–C–C–N with tert-alkyl or cyclic N) is 1. The van der Waals surface area contributed by atoms with Gasteiger partial charge in [0.05, 0.1) is 48.6 Å². The van der Waals surface area contributed by atoms with Crippen molar-refractivity contribution in [2.24, 2.45) is 11.3 Å². The maximum atomic E-state index is 13.8. The van der Waals surface area contributed by atoms with Crippen molar-refractivity contribution in [3.05, 3.63) is 41.0 Å². The lowest BCUT2D eigenvalue weighted by Crippen LogP contribution is -2.50. The number of ether oxygens (including phenoxy) is 3. The van der Waals surface area contributed by atoms with Gasteiger partial charge in [-0.3, -0.25) is 14.4 Å². The Labute approximate surface area is 261 Å². The maximum absolute atomic E-state index is 13.8. The van der Waals surface area contributed by atoms with Crippen LogP contribution in [0.15, 0.2) is 29.8 Å². The molecule has 1 aliphatic rings. The summed E-state index contributed by atoms with van der Waals surface area (Å²) in [5.41, 5.74) is 4.14. The first kappa shape index (κ1) is 35.3. The molecule has 1 fully saturated rings. The van der Waals surface area contributed by atoms with Crippen molar-refractivity contribution in [1.29, 1.82) is 0 Å². The highest BCUT2D eigenvalue weighted by Crippen LogP contribution is 2.33. The summed E-state index contributed by atoms with van der Waals surface area (Å²) in [6.45, 7) is 7.91. The van der Waals surface area contributed by atoms with E-state index in [9.17, 15) is 24.3 Å². The van der Waals surface area contributed by atoms with Crippen molar-refractivity contribution in [1.82, 2.24) is 15.2 Å². The number of hydrogen-bond acceptors (Lipinski definition) is 10. The summed E-state index contributed by atoms with van der Waals surface area (Å²) in [6, 6.07) is 7.00. The summed E-state index contributed by atoms with van der Waals surface area (Å²) in [6.07, 6.45) is -0.791. The smallest absolute Gasteiger partial charge is 0.329 e. The van der Waals surface area contributed by atoms with E-state index in [1.807, 2.05) is 52.0 Å². The Morgan fingerprint density at radius 3 is 2.27 bits per heavy atom. The van der Waals surface area contributed by atoms with Crippen LogP contribution in [-0.4, -0.2) is 102 Å². The summed E-state index contributed by atoms with van der Waals surface area (Å²) in [4.78, 5) is 56.9. The SMILES string of the molecule is Cc1ncsc1-c1ccc(CNC(=O)[C@@H]2C[C@@H](O)CN2C(=O)[C@@H](CC(=O)COCCOCCOCC(=O)O)C(C)(C)C)cc1. The Morgan fingerprint density at radius 1 is 1.05 bits per heavy atom. The van der Waals surface area contributed by atoms with Gasteiger partial charge in [0.15, 0.2) is 5.78 Å². The molecule has 0 unspecified atom stereocenters. The minimum Gasteiger partial charge on any atom is -0.480 e. The number of carboxylic acids is 1. The van der Waals surface area contributed by atoms with E-state index < -0.39 is 36.1 Å². The van der Waals surface area contributed by atoms with Crippen molar-refractivity contribution in [2.45, 2.75) is 59.2 Å². The number of carbonyl (C=O) groups excluding carboxylic acids is 3. The maximum Gasteiger partial charge on any atom is 0.329 e. The number of hydrogen-bond donors (Lipinski definition) is 3. The largest absolute Gasteiger partial charge is 0.480 e. The van der Waals surface area contributed by atoms with Gasteiger partial charge < -0.3 is 34.6 Å². The summed E-state index contributed by atoms with van der Waals surface area (Å²) in [5, 5.41) is 21.8. The van der Waals surface area contributed by atoms with Crippen molar-refractivity contribution >= 4 is 34.9 Å². The van der Waals surface area contributed by atoms with Crippen LogP contribution in [0.25, 0.3) is 10.4 Å².